The minimum absolute atomic E-state index is 0.00238. The van der Waals surface area contributed by atoms with Gasteiger partial charge in [0.25, 0.3) is 11.6 Å². The second-order valence-electron chi connectivity index (χ2n) is 9.00. The van der Waals surface area contributed by atoms with Gasteiger partial charge >= 0.3 is 0 Å². The third-order valence-corrected chi connectivity index (χ3v) is 7.17. The van der Waals surface area contributed by atoms with E-state index in [9.17, 15) is 20.2 Å². The van der Waals surface area contributed by atoms with Crippen molar-refractivity contribution in [3.63, 3.8) is 0 Å². The molecule has 0 spiro atoms. The first-order chi connectivity index (χ1) is 20.8. The molecule has 0 heterocycles. The van der Waals surface area contributed by atoms with E-state index in [-0.39, 0.29) is 17.9 Å². The Morgan fingerprint density at radius 3 is 2.40 bits per heavy atom. The van der Waals surface area contributed by atoms with Gasteiger partial charge in [-0.05, 0) is 101 Å². The number of carbonyl (C=O) groups excluding carboxylic acids is 1. The summed E-state index contributed by atoms with van der Waals surface area (Å²) in [5, 5.41) is 24.0. The molecular weight excluding hydrogens is 685 g/mol. The number of benzene rings is 4. The first kappa shape index (κ1) is 31.3. The van der Waals surface area contributed by atoms with Crippen LogP contribution in [0.4, 0.5) is 11.4 Å². The Morgan fingerprint density at radius 2 is 1.74 bits per heavy atom. The van der Waals surface area contributed by atoms with E-state index in [0.29, 0.717) is 50.3 Å². The Hall–Kier alpha value is -4.60. The van der Waals surface area contributed by atoms with Gasteiger partial charge in [0.2, 0.25) is 0 Å². The molecule has 1 amide bonds. The summed E-state index contributed by atoms with van der Waals surface area (Å²) in [7, 11) is 0. The van der Waals surface area contributed by atoms with Crippen LogP contribution >= 0.6 is 34.2 Å². The number of nitro groups is 1. The second-order valence-corrected chi connectivity index (χ2v) is 10.6. The van der Waals surface area contributed by atoms with Crippen LogP contribution in [0.5, 0.6) is 17.2 Å². The van der Waals surface area contributed by atoms with Crippen LogP contribution in [-0.2, 0) is 18.0 Å². The first-order valence-electron chi connectivity index (χ1n) is 13.0. The fourth-order valence-corrected chi connectivity index (χ4v) is 4.84. The molecule has 0 aliphatic carbocycles. The number of anilines is 1. The number of amides is 1. The van der Waals surface area contributed by atoms with Gasteiger partial charge < -0.3 is 19.5 Å². The monoisotopic (exact) mass is 709 g/mol. The average molecular weight is 710 g/mol. The fourth-order valence-electron chi connectivity index (χ4n) is 3.87. The van der Waals surface area contributed by atoms with E-state index in [1.165, 1.54) is 18.2 Å². The summed E-state index contributed by atoms with van der Waals surface area (Å²) in [6, 6.07) is 25.7. The third kappa shape index (κ3) is 8.70. The Morgan fingerprint density at radius 1 is 1.02 bits per heavy atom. The molecular formula is C32H25ClIN3O6. The molecule has 0 radical (unpaired) electrons. The SMILES string of the molecule is CCOc1cc(/C=C(\C#N)C(=O)Nc2ccc(OCc3ccccc3Cl)cc2)cc(I)c1OCc1ccc([N+](=O)[O-])cc1. The highest BCUT2D eigenvalue weighted by atomic mass is 127. The molecule has 4 aromatic carbocycles. The van der Waals surface area contributed by atoms with Crippen LogP contribution in [0.15, 0.2) is 90.5 Å². The molecule has 218 valence electrons. The molecule has 0 aliphatic rings. The van der Waals surface area contributed by atoms with E-state index in [0.717, 1.165) is 11.1 Å². The summed E-state index contributed by atoms with van der Waals surface area (Å²) in [6.07, 6.45) is 1.47. The number of rotatable bonds is 12. The van der Waals surface area contributed by atoms with Gasteiger partial charge in [0.05, 0.1) is 15.1 Å². The molecule has 0 aromatic heterocycles. The fraction of sp³-hybridized carbons (Fsp3) is 0.125. The number of nitro benzene ring substituents is 1. The highest BCUT2D eigenvalue weighted by molar-refractivity contribution is 14.1. The number of nitrogens with one attached hydrogen (secondary N) is 1. The molecule has 4 rings (SSSR count). The van der Waals surface area contributed by atoms with Crippen LogP contribution in [0.25, 0.3) is 6.08 Å². The summed E-state index contributed by atoms with van der Waals surface area (Å²) >= 11 is 8.27. The number of nitriles is 1. The average Bonchev–Trinajstić information content (AvgIpc) is 3.00. The summed E-state index contributed by atoms with van der Waals surface area (Å²) in [4.78, 5) is 23.4. The number of hydrogen-bond acceptors (Lipinski definition) is 7. The zero-order valence-electron chi connectivity index (χ0n) is 22.9. The molecule has 43 heavy (non-hydrogen) atoms. The van der Waals surface area contributed by atoms with E-state index >= 15 is 0 Å². The summed E-state index contributed by atoms with van der Waals surface area (Å²) < 4.78 is 18.3. The standard InChI is InChI=1S/C32H25ClIN3O6/c1-2-41-30-17-22(16-29(34)31(30)43-19-21-7-11-26(12-8-21)37(39)40)15-24(18-35)32(38)36-25-9-13-27(14-10-25)42-20-23-5-3-4-6-28(23)33/h3-17H,2,19-20H2,1H3,(H,36,38)/b24-15+. The van der Waals surface area contributed by atoms with E-state index in [1.54, 1.807) is 54.6 Å². The summed E-state index contributed by atoms with van der Waals surface area (Å²) in [5.74, 6) is 0.951. The maximum absolute atomic E-state index is 12.9. The van der Waals surface area contributed by atoms with Crippen LogP contribution in [0.1, 0.15) is 23.6 Å². The normalized spacial score (nSPS) is 10.9. The van der Waals surface area contributed by atoms with Gasteiger partial charge in [-0.2, -0.15) is 5.26 Å². The smallest absolute Gasteiger partial charge is 0.269 e. The number of ether oxygens (including phenoxy) is 3. The highest BCUT2D eigenvalue weighted by Gasteiger charge is 2.15. The van der Waals surface area contributed by atoms with Crippen molar-refractivity contribution in [1.82, 2.24) is 0 Å². The number of carbonyl (C=O) groups is 1. The van der Waals surface area contributed by atoms with E-state index in [1.807, 2.05) is 31.2 Å². The van der Waals surface area contributed by atoms with E-state index in [2.05, 4.69) is 27.9 Å². The highest BCUT2D eigenvalue weighted by Crippen LogP contribution is 2.36. The molecule has 0 saturated heterocycles. The zero-order valence-corrected chi connectivity index (χ0v) is 25.8. The van der Waals surface area contributed by atoms with Crippen molar-refractivity contribution >= 4 is 57.5 Å². The Bertz CT molecular complexity index is 1690. The minimum atomic E-state index is -0.571. The predicted molar refractivity (Wildman–Crippen MR) is 172 cm³/mol. The Labute approximate surface area is 266 Å². The van der Waals surface area contributed by atoms with Crippen molar-refractivity contribution < 1.29 is 23.9 Å². The second kappa shape index (κ2) is 15.0. The molecule has 0 bridgehead atoms. The molecule has 0 saturated carbocycles. The van der Waals surface area contributed by atoms with Crippen LogP contribution in [-0.4, -0.2) is 17.4 Å². The van der Waals surface area contributed by atoms with Crippen LogP contribution < -0.4 is 19.5 Å². The predicted octanol–water partition coefficient (Wildman–Crippen LogP) is 7.96. The van der Waals surface area contributed by atoms with Gasteiger partial charge in [0.15, 0.2) is 11.5 Å². The third-order valence-electron chi connectivity index (χ3n) is 6.00. The maximum atomic E-state index is 12.9. The van der Waals surface area contributed by atoms with E-state index in [4.69, 9.17) is 25.8 Å². The van der Waals surface area contributed by atoms with Crippen LogP contribution in [0.3, 0.4) is 0 Å². The first-order valence-corrected chi connectivity index (χ1v) is 14.4. The molecule has 4 aromatic rings. The lowest BCUT2D eigenvalue weighted by Gasteiger charge is -2.15. The largest absolute Gasteiger partial charge is 0.490 e. The molecule has 11 heteroatoms. The van der Waals surface area contributed by atoms with Crippen molar-refractivity contribution in [1.29, 1.82) is 5.26 Å². The Kier molecular flexibility index (Phi) is 11.0. The van der Waals surface area contributed by atoms with Crippen LogP contribution in [0.2, 0.25) is 5.02 Å². The topological polar surface area (TPSA) is 124 Å². The van der Waals surface area contributed by atoms with Crippen molar-refractivity contribution in [2.24, 2.45) is 0 Å². The number of nitrogens with zero attached hydrogens (tertiary/aromatic N) is 2. The van der Waals surface area contributed by atoms with Gasteiger partial charge in [-0.1, -0.05) is 29.8 Å². The van der Waals surface area contributed by atoms with Gasteiger partial charge in [-0.15, -0.1) is 0 Å². The van der Waals surface area contributed by atoms with Gasteiger partial charge in [0.1, 0.15) is 30.6 Å². The number of halogens is 2. The molecule has 0 fully saturated rings. The maximum Gasteiger partial charge on any atom is 0.269 e. The summed E-state index contributed by atoms with van der Waals surface area (Å²) in [5.41, 5.74) is 2.57. The lowest BCUT2D eigenvalue weighted by molar-refractivity contribution is -0.384. The van der Waals surface area contributed by atoms with Crippen molar-refractivity contribution in [3.05, 3.63) is 126 Å². The van der Waals surface area contributed by atoms with Crippen molar-refractivity contribution in [2.75, 3.05) is 11.9 Å². The van der Waals surface area contributed by atoms with Crippen LogP contribution in [0, 0.1) is 25.0 Å². The van der Waals surface area contributed by atoms with Gasteiger partial charge in [-0.25, -0.2) is 0 Å². The van der Waals surface area contributed by atoms with Crippen molar-refractivity contribution in [3.8, 4) is 23.3 Å². The summed E-state index contributed by atoms with van der Waals surface area (Å²) in [6.45, 7) is 2.66. The quantitative estimate of drug-likeness (QED) is 0.0521. The van der Waals surface area contributed by atoms with Gasteiger partial charge in [0, 0.05) is 28.4 Å². The molecule has 0 atom stereocenters. The minimum Gasteiger partial charge on any atom is -0.490 e. The zero-order chi connectivity index (χ0) is 30.8. The Balaban J connectivity index is 1.43. The lowest BCUT2D eigenvalue weighted by atomic mass is 10.1. The lowest BCUT2D eigenvalue weighted by Crippen LogP contribution is -2.13. The molecule has 9 nitrogen and oxygen atoms in total. The number of non-ortho nitro benzene ring substituents is 1. The number of hydrogen-bond donors (Lipinski definition) is 1. The molecule has 0 aliphatic heterocycles. The van der Waals surface area contributed by atoms with E-state index < -0.39 is 10.8 Å². The van der Waals surface area contributed by atoms with Crippen molar-refractivity contribution in [2.45, 2.75) is 20.1 Å². The molecule has 0 unspecified atom stereocenters. The molecule has 1 N–H and O–H groups in total. The van der Waals surface area contributed by atoms with Gasteiger partial charge in [-0.3, -0.25) is 14.9 Å².